The molecule has 68 valence electrons. The van der Waals surface area contributed by atoms with E-state index < -0.39 is 0 Å². The van der Waals surface area contributed by atoms with E-state index in [2.05, 4.69) is 33.1 Å². The van der Waals surface area contributed by atoms with Crippen LogP contribution in [0, 0.1) is 3.57 Å². The van der Waals surface area contributed by atoms with E-state index in [4.69, 9.17) is 0 Å². The molecule has 0 aliphatic carbocycles. The zero-order valence-electron chi connectivity index (χ0n) is 7.12. The minimum absolute atomic E-state index is 0.165. The molecule has 0 fully saturated rings. The second-order valence-electron chi connectivity index (χ2n) is 2.48. The van der Waals surface area contributed by atoms with Gasteiger partial charge in [0.2, 0.25) is 5.91 Å². The van der Waals surface area contributed by atoms with Gasteiger partial charge in [0, 0.05) is 10.5 Å². The first-order valence-electron chi connectivity index (χ1n) is 3.73. The molecule has 4 heteroatoms. The van der Waals surface area contributed by atoms with Gasteiger partial charge in [-0.25, -0.2) is 5.43 Å². The van der Waals surface area contributed by atoms with Crippen molar-refractivity contribution in [3.63, 3.8) is 0 Å². The number of hydrogen-bond donors (Lipinski definition) is 1. The molecule has 13 heavy (non-hydrogen) atoms. The SMILES string of the molecule is CC(=O)NN=Cc1cccc(I)c1. The number of amides is 1. The van der Waals surface area contributed by atoms with Gasteiger partial charge in [0.1, 0.15) is 0 Å². The van der Waals surface area contributed by atoms with Gasteiger partial charge in [-0.1, -0.05) is 12.1 Å². The molecule has 1 rings (SSSR count). The first kappa shape index (κ1) is 10.2. The lowest BCUT2D eigenvalue weighted by Crippen LogP contribution is -2.12. The summed E-state index contributed by atoms with van der Waals surface area (Å²) >= 11 is 2.22. The molecule has 0 unspecified atom stereocenters. The molecule has 0 bridgehead atoms. The summed E-state index contributed by atoms with van der Waals surface area (Å²) in [6, 6.07) is 7.84. The zero-order valence-corrected chi connectivity index (χ0v) is 9.28. The molecule has 0 aliphatic heterocycles. The summed E-state index contributed by atoms with van der Waals surface area (Å²) in [6.07, 6.45) is 1.61. The molecule has 0 saturated heterocycles. The van der Waals surface area contributed by atoms with E-state index in [-0.39, 0.29) is 5.91 Å². The third-order valence-electron chi connectivity index (χ3n) is 1.28. The number of rotatable bonds is 2. The Balaban J connectivity index is 2.63. The topological polar surface area (TPSA) is 41.5 Å². The molecular formula is C9H9IN2O. The lowest BCUT2D eigenvalue weighted by Gasteiger charge is -1.94. The predicted octanol–water partition coefficient (Wildman–Crippen LogP) is 1.76. The molecule has 1 amide bonds. The van der Waals surface area contributed by atoms with Crippen molar-refractivity contribution >= 4 is 34.7 Å². The van der Waals surface area contributed by atoms with Crippen LogP contribution in [0.4, 0.5) is 0 Å². The lowest BCUT2D eigenvalue weighted by molar-refractivity contribution is -0.118. The standard InChI is InChI=1S/C9H9IN2O/c1-7(13)12-11-6-8-3-2-4-9(10)5-8/h2-6H,1H3,(H,12,13). The minimum Gasteiger partial charge on any atom is -0.274 e. The largest absolute Gasteiger partial charge is 0.274 e. The molecule has 1 aromatic rings. The Kier molecular flexibility index (Phi) is 3.88. The summed E-state index contributed by atoms with van der Waals surface area (Å²) < 4.78 is 1.14. The van der Waals surface area contributed by atoms with E-state index in [0.29, 0.717) is 0 Å². The van der Waals surface area contributed by atoms with Crippen LogP contribution in [-0.4, -0.2) is 12.1 Å². The number of carbonyl (C=O) groups excluding carboxylic acids is 1. The maximum atomic E-state index is 10.5. The van der Waals surface area contributed by atoms with Crippen LogP contribution in [0.3, 0.4) is 0 Å². The van der Waals surface area contributed by atoms with Crippen molar-refractivity contribution in [1.82, 2.24) is 5.43 Å². The van der Waals surface area contributed by atoms with Gasteiger partial charge < -0.3 is 0 Å². The van der Waals surface area contributed by atoms with E-state index in [1.807, 2.05) is 24.3 Å². The molecule has 0 spiro atoms. The molecule has 0 radical (unpaired) electrons. The van der Waals surface area contributed by atoms with E-state index in [9.17, 15) is 4.79 Å². The molecule has 0 aliphatic rings. The first-order chi connectivity index (χ1) is 6.18. The lowest BCUT2D eigenvalue weighted by atomic mass is 10.2. The van der Waals surface area contributed by atoms with Gasteiger partial charge in [-0.3, -0.25) is 4.79 Å². The number of hydrogen-bond acceptors (Lipinski definition) is 2. The highest BCUT2D eigenvalue weighted by Gasteiger charge is 1.89. The number of hydrazone groups is 1. The van der Waals surface area contributed by atoms with E-state index in [1.165, 1.54) is 6.92 Å². The molecule has 3 nitrogen and oxygen atoms in total. The van der Waals surface area contributed by atoms with Gasteiger partial charge in [0.15, 0.2) is 0 Å². The Morgan fingerprint density at radius 2 is 2.38 bits per heavy atom. The second-order valence-corrected chi connectivity index (χ2v) is 3.73. The Morgan fingerprint density at radius 1 is 1.62 bits per heavy atom. The molecule has 0 atom stereocenters. The van der Waals surface area contributed by atoms with Gasteiger partial charge in [0.25, 0.3) is 0 Å². The van der Waals surface area contributed by atoms with Gasteiger partial charge in [-0.2, -0.15) is 5.10 Å². The third kappa shape index (κ3) is 4.02. The Bertz CT molecular complexity index is 336. The van der Waals surface area contributed by atoms with Crippen LogP contribution < -0.4 is 5.43 Å². The van der Waals surface area contributed by atoms with Crippen LogP contribution in [0.2, 0.25) is 0 Å². The minimum atomic E-state index is -0.165. The van der Waals surface area contributed by atoms with Crippen molar-refractivity contribution in [1.29, 1.82) is 0 Å². The maximum absolute atomic E-state index is 10.5. The van der Waals surface area contributed by atoms with Crippen LogP contribution in [0.5, 0.6) is 0 Å². The third-order valence-corrected chi connectivity index (χ3v) is 1.96. The molecule has 0 heterocycles. The molecule has 0 saturated carbocycles. The summed E-state index contributed by atoms with van der Waals surface area (Å²) in [4.78, 5) is 10.5. The summed E-state index contributed by atoms with van der Waals surface area (Å²) in [6.45, 7) is 1.42. The molecular weight excluding hydrogens is 279 g/mol. The molecule has 0 aromatic heterocycles. The summed E-state index contributed by atoms with van der Waals surface area (Å²) in [5, 5.41) is 3.75. The van der Waals surface area contributed by atoms with Gasteiger partial charge in [-0.05, 0) is 40.3 Å². The fourth-order valence-electron chi connectivity index (χ4n) is 0.785. The van der Waals surface area contributed by atoms with Gasteiger partial charge >= 0.3 is 0 Å². The van der Waals surface area contributed by atoms with Crippen LogP contribution in [0.25, 0.3) is 0 Å². The number of halogens is 1. The Labute approximate surface area is 90.4 Å². The number of benzene rings is 1. The van der Waals surface area contributed by atoms with Crippen molar-refractivity contribution in [2.75, 3.05) is 0 Å². The van der Waals surface area contributed by atoms with Crippen LogP contribution in [0.1, 0.15) is 12.5 Å². The fourth-order valence-corrected chi connectivity index (χ4v) is 1.35. The fraction of sp³-hybridized carbons (Fsp3) is 0.111. The van der Waals surface area contributed by atoms with Crippen molar-refractivity contribution in [2.45, 2.75) is 6.92 Å². The summed E-state index contributed by atoms with van der Waals surface area (Å²) in [5.74, 6) is -0.165. The average Bonchev–Trinajstić information content (AvgIpc) is 2.03. The zero-order chi connectivity index (χ0) is 9.68. The monoisotopic (exact) mass is 288 g/mol. The van der Waals surface area contributed by atoms with Gasteiger partial charge in [0.05, 0.1) is 6.21 Å². The Hall–Kier alpha value is -0.910. The quantitative estimate of drug-likeness (QED) is 0.503. The number of nitrogens with one attached hydrogen (secondary N) is 1. The highest BCUT2D eigenvalue weighted by Crippen LogP contribution is 2.05. The summed E-state index contributed by atoms with van der Waals surface area (Å²) in [7, 11) is 0. The van der Waals surface area contributed by atoms with Crippen molar-refractivity contribution in [3.8, 4) is 0 Å². The maximum Gasteiger partial charge on any atom is 0.236 e. The smallest absolute Gasteiger partial charge is 0.236 e. The van der Waals surface area contributed by atoms with Crippen LogP contribution >= 0.6 is 22.6 Å². The van der Waals surface area contributed by atoms with Crippen LogP contribution in [0.15, 0.2) is 29.4 Å². The van der Waals surface area contributed by atoms with E-state index in [1.54, 1.807) is 6.21 Å². The van der Waals surface area contributed by atoms with Crippen molar-refractivity contribution in [3.05, 3.63) is 33.4 Å². The highest BCUT2D eigenvalue weighted by molar-refractivity contribution is 14.1. The summed E-state index contributed by atoms with van der Waals surface area (Å²) in [5.41, 5.74) is 3.31. The number of nitrogens with zero attached hydrogens (tertiary/aromatic N) is 1. The average molecular weight is 288 g/mol. The second kappa shape index (κ2) is 4.96. The highest BCUT2D eigenvalue weighted by atomic mass is 127. The number of carbonyl (C=O) groups is 1. The molecule has 1 aromatic carbocycles. The van der Waals surface area contributed by atoms with E-state index in [0.717, 1.165) is 9.13 Å². The van der Waals surface area contributed by atoms with Crippen molar-refractivity contribution < 1.29 is 4.79 Å². The predicted molar refractivity (Wildman–Crippen MR) is 60.6 cm³/mol. The van der Waals surface area contributed by atoms with E-state index >= 15 is 0 Å². The molecule has 1 N–H and O–H groups in total. The normalized spacial score (nSPS) is 10.3. The first-order valence-corrected chi connectivity index (χ1v) is 4.81. The Morgan fingerprint density at radius 3 is 3.00 bits per heavy atom. The van der Waals surface area contributed by atoms with Crippen LogP contribution in [-0.2, 0) is 4.79 Å². The van der Waals surface area contributed by atoms with Crippen molar-refractivity contribution in [2.24, 2.45) is 5.10 Å². The van der Waals surface area contributed by atoms with Gasteiger partial charge in [-0.15, -0.1) is 0 Å².